The highest BCUT2D eigenvalue weighted by Crippen LogP contribution is 2.20. The van der Waals surface area contributed by atoms with E-state index in [0.717, 1.165) is 18.8 Å². The summed E-state index contributed by atoms with van der Waals surface area (Å²) in [6.07, 6.45) is -0.102. The van der Waals surface area contributed by atoms with Crippen LogP contribution in [0, 0.1) is 11.8 Å². The molecule has 0 amide bonds. The molecule has 1 aliphatic rings. The van der Waals surface area contributed by atoms with Gasteiger partial charge in [-0.2, -0.15) is 0 Å². The fraction of sp³-hybridized carbons (Fsp3) is 0.500. The number of nitrogens with zero attached hydrogens (tertiary/aromatic N) is 4. The Bertz CT molecular complexity index is 584. The van der Waals surface area contributed by atoms with E-state index in [0.29, 0.717) is 13.2 Å². The van der Waals surface area contributed by atoms with E-state index in [1.165, 1.54) is 5.56 Å². The van der Waals surface area contributed by atoms with Gasteiger partial charge in [-0.25, -0.2) is 0 Å². The maximum atomic E-state index is 8.69. The number of rotatable bonds is 6. The molecule has 0 bridgehead atoms. The van der Waals surface area contributed by atoms with Crippen LogP contribution in [0.3, 0.4) is 0 Å². The molecule has 0 aromatic heterocycles. The second-order valence-corrected chi connectivity index (χ2v) is 5.09. The number of methoxy groups -OCH3 is 1. The minimum absolute atomic E-state index is 0.102. The molecule has 0 N–H and O–H groups in total. The number of azide groups is 1. The molecule has 1 fully saturated rings. The minimum Gasteiger partial charge on any atom is -0.497 e. The molecule has 1 aromatic carbocycles. The summed E-state index contributed by atoms with van der Waals surface area (Å²) in [5.74, 6) is 6.52. The number of likely N-dealkylation sites (tertiary alicyclic amines) is 1. The Labute approximate surface area is 130 Å². The second-order valence-electron chi connectivity index (χ2n) is 5.09. The quantitative estimate of drug-likeness (QED) is 0.351. The summed E-state index contributed by atoms with van der Waals surface area (Å²) in [4.78, 5) is 5.15. The topological polar surface area (TPSA) is 70.5 Å². The van der Waals surface area contributed by atoms with Gasteiger partial charge < -0.3 is 9.47 Å². The molecule has 1 saturated heterocycles. The average Bonchev–Trinajstić information content (AvgIpc) is 2.90. The zero-order valence-corrected chi connectivity index (χ0v) is 12.9. The predicted octanol–water partition coefficient (Wildman–Crippen LogP) is 2.60. The normalized spacial score (nSPS) is 20.8. The molecule has 1 aromatic rings. The first-order chi connectivity index (χ1) is 10.8. The number of hydrogen-bond acceptors (Lipinski definition) is 4. The van der Waals surface area contributed by atoms with E-state index in [9.17, 15) is 0 Å². The first-order valence-corrected chi connectivity index (χ1v) is 7.17. The minimum atomic E-state index is -0.165. The van der Waals surface area contributed by atoms with Crippen molar-refractivity contribution < 1.29 is 9.47 Å². The fourth-order valence-corrected chi connectivity index (χ4v) is 2.51. The standard InChI is InChI=1S/C16H20N4O2/c1-3-4-9-22-16-12-20(11-15(16)18-19-17)10-13-5-7-14(21-2)8-6-13/h5-8,15-16H,9-12H2,1-2H3/t15-,16-/m1/s1. The molecule has 0 saturated carbocycles. The van der Waals surface area contributed by atoms with E-state index in [1.807, 2.05) is 24.3 Å². The van der Waals surface area contributed by atoms with Crippen LogP contribution in [-0.4, -0.2) is 43.9 Å². The van der Waals surface area contributed by atoms with Crippen molar-refractivity contribution >= 4 is 0 Å². The van der Waals surface area contributed by atoms with E-state index >= 15 is 0 Å². The van der Waals surface area contributed by atoms with Crippen molar-refractivity contribution in [3.8, 4) is 17.6 Å². The van der Waals surface area contributed by atoms with Gasteiger partial charge in [0, 0.05) is 24.5 Å². The van der Waals surface area contributed by atoms with Crippen LogP contribution >= 0.6 is 0 Å². The van der Waals surface area contributed by atoms with Crippen molar-refractivity contribution in [3.05, 3.63) is 40.3 Å². The Morgan fingerprint density at radius 1 is 1.36 bits per heavy atom. The Hall–Kier alpha value is -2.19. The smallest absolute Gasteiger partial charge is 0.118 e. The largest absolute Gasteiger partial charge is 0.497 e. The highest BCUT2D eigenvalue weighted by Gasteiger charge is 2.32. The highest BCUT2D eigenvalue weighted by molar-refractivity contribution is 5.27. The average molecular weight is 300 g/mol. The van der Waals surface area contributed by atoms with Gasteiger partial charge in [0.1, 0.15) is 12.4 Å². The zero-order valence-electron chi connectivity index (χ0n) is 12.9. The Morgan fingerprint density at radius 2 is 2.14 bits per heavy atom. The molecule has 1 heterocycles. The van der Waals surface area contributed by atoms with E-state index in [2.05, 4.69) is 26.8 Å². The van der Waals surface area contributed by atoms with Crippen LogP contribution in [-0.2, 0) is 11.3 Å². The van der Waals surface area contributed by atoms with Crippen molar-refractivity contribution in [3.63, 3.8) is 0 Å². The summed E-state index contributed by atoms with van der Waals surface area (Å²) in [6.45, 7) is 4.37. The summed E-state index contributed by atoms with van der Waals surface area (Å²) in [5, 5.41) is 3.85. The summed E-state index contributed by atoms with van der Waals surface area (Å²) < 4.78 is 10.9. The first-order valence-electron chi connectivity index (χ1n) is 7.17. The third kappa shape index (κ3) is 4.40. The van der Waals surface area contributed by atoms with Crippen molar-refractivity contribution in [1.29, 1.82) is 0 Å². The molecular weight excluding hydrogens is 280 g/mol. The van der Waals surface area contributed by atoms with Gasteiger partial charge in [0.25, 0.3) is 0 Å². The lowest BCUT2D eigenvalue weighted by molar-refractivity contribution is 0.0742. The Balaban J connectivity index is 1.96. The summed E-state index contributed by atoms with van der Waals surface area (Å²) >= 11 is 0. The summed E-state index contributed by atoms with van der Waals surface area (Å²) in [7, 11) is 1.65. The molecular formula is C16H20N4O2. The van der Waals surface area contributed by atoms with Gasteiger partial charge in [-0.1, -0.05) is 23.2 Å². The molecule has 1 aliphatic heterocycles. The molecule has 116 valence electrons. The van der Waals surface area contributed by atoms with E-state index < -0.39 is 0 Å². The molecule has 22 heavy (non-hydrogen) atoms. The van der Waals surface area contributed by atoms with Crippen LogP contribution in [0.15, 0.2) is 29.4 Å². The third-order valence-electron chi connectivity index (χ3n) is 3.62. The van der Waals surface area contributed by atoms with Crippen LogP contribution in [0.1, 0.15) is 12.5 Å². The maximum Gasteiger partial charge on any atom is 0.118 e. The molecule has 6 nitrogen and oxygen atoms in total. The van der Waals surface area contributed by atoms with Crippen LogP contribution in [0.5, 0.6) is 5.75 Å². The zero-order chi connectivity index (χ0) is 15.8. The molecule has 0 radical (unpaired) electrons. The fourth-order valence-electron chi connectivity index (χ4n) is 2.51. The lowest BCUT2D eigenvalue weighted by atomic mass is 10.2. The van der Waals surface area contributed by atoms with Gasteiger partial charge in [-0.3, -0.25) is 4.90 Å². The number of benzene rings is 1. The lowest BCUT2D eigenvalue weighted by Gasteiger charge is -2.16. The van der Waals surface area contributed by atoms with Gasteiger partial charge in [-0.05, 0) is 30.2 Å². The van der Waals surface area contributed by atoms with Gasteiger partial charge in [0.2, 0.25) is 0 Å². The molecule has 2 rings (SSSR count). The van der Waals surface area contributed by atoms with Crippen LogP contribution in [0.4, 0.5) is 0 Å². The van der Waals surface area contributed by atoms with E-state index in [1.54, 1.807) is 14.0 Å². The summed E-state index contributed by atoms with van der Waals surface area (Å²) in [6, 6.07) is 7.81. The van der Waals surface area contributed by atoms with E-state index in [-0.39, 0.29) is 12.1 Å². The van der Waals surface area contributed by atoms with Crippen LogP contribution in [0.2, 0.25) is 0 Å². The van der Waals surface area contributed by atoms with Crippen LogP contribution < -0.4 is 4.74 Å². The van der Waals surface area contributed by atoms with Crippen molar-refractivity contribution in [2.24, 2.45) is 5.11 Å². The second kappa shape index (κ2) is 8.30. The van der Waals surface area contributed by atoms with Crippen molar-refractivity contribution in [2.75, 3.05) is 26.8 Å². The van der Waals surface area contributed by atoms with Gasteiger partial charge in [0.05, 0.1) is 19.3 Å². The first kappa shape index (κ1) is 16.2. The SMILES string of the molecule is CC#CCO[C@@H]1CN(Cc2ccc(OC)cc2)C[C@H]1N=[N+]=[N-]. The number of ether oxygens (including phenoxy) is 2. The lowest BCUT2D eigenvalue weighted by Crippen LogP contribution is -2.25. The monoisotopic (exact) mass is 300 g/mol. The Kier molecular flexibility index (Phi) is 6.11. The molecule has 0 spiro atoms. The predicted molar refractivity (Wildman–Crippen MR) is 84.4 cm³/mol. The van der Waals surface area contributed by atoms with Crippen molar-refractivity contribution in [1.82, 2.24) is 4.90 Å². The number of hydrogen-bond donors (Lipinski definition) is 0. The van der Waals surface area contributed by atoms with Gasteiger partial charge in [0.15, 0.2) is 0 Å². The third-order valence-corrected chi connectivity index (χ3v) is 3.62. The van der Waals surface area contributed by atoms with Gasteiger partial charge in [-0.15, -0.1) is 5.92 Å². The molecule has 2 atom stereocenters. The molecule has 0 unspecified atom stereocenters. The Morgan fingerprint density at radius 3 is 2.77 bits per heavy atom. The molecule has 0 aliphatic carbocycles. The van der Waals surface area contributed by atoms with E-state index in [4.69, 9.17) is 15.0 Å². The highest BCUT2D eigenvalue weighted by atomic mass is 16.5. The maximum absolute atomic E-state index is 8.69. The van der Waals surface area contributed by atoms with Gasteiger partial charge >= 0.3 is 0 Å². The molecule has 6 heteroatoms. The van der Waals surface area contributed by atoms with Crippen molar-refractivity contribution in [2.45, 2.75) is 25.6 Å². The summed E-state index contributed by atoms with van der Waals surface area (Å²) in [5.41, 5.74) is 9.88. The van der Waals surface area contributed by atoms with Crippen LogP contribution in [0.25, 0.3) is 10.4 Å².